The molecule has 0 bridgehead atoms. The molecule has 0 spiro atoms. The molecule has 1 aromatic carbocycles. The van der Waals surface area contributed by atoms with Gasteiger partial charge in [-0.3, -0.25) is 4.79 Å². The molecule has 0 saturated carbocycles. The van der Waals surface area contributed by atoms with Crippen LogP contribution in [0.3, 0.4) is 0 Å². The van der Waals surface area contributed by atoms with Crippen LogP contribution < -0.4 is 0 Å². The second kappa shape index (κ2) is 6.70. The van der Waals surface area contributed by atoms with E-state index in [1.807, 2.05) is 44.2 Å². The highest BCUT2D eigenvalue weighted by atomic mass is 32.2. The number of aromatic nitrogens is 2. The van der Waals surface area contributed by atoms with Gasteiger partial charge in [-0.1, -0.05) is 37.2 Å². The van der Waals surface area contributed by atoms with Gasteiger partial charge in [-0.2, -0.15) is 4.98 Å². The summed E-state index contributed by atoms with van der Waals surface area (Å²) in [6, 6.07) is 10.1. The Hall–Kier alpha value is -1.62. The Morgan fingerprint density at radius 1 is 1.30 bits per heavy atom. The smallest absolute Gasteiger partial charge is 0.237 e. The van der Waals surface area contributed by atoms with Crippen molar-refractivity contribution in [2.75, 3.05) is 0 Å². The van der Waals surface area contributed by atoms with E-state index in [0.717, 1.165) is 4.90 Å². The van der Waals surface area contributed by atoms with E-state index in [4.69, 9.17) is 4.52 Å². The number of carbonyl (C=O) groups excluding carboxylic acids is 1. The third kappa shape index (κ3) is 3.70. The number of hydrogen-bond acceptors (Lipinski definition) is 5. The number of rotatable bonds is 6. The summed E-state index contributed by atoms with van der Waals surface area (Å²) in [6.07, 6.45) is 0. The number of thioether (sulfide) groups is 1. The summed E-state index contributed by atoms with van der Waals surface area (Å²) in [7, 11) is 0. The first kappa shape index (κ1) is 14.8. The minimum Gasteiger partial charge on any atom is -0.339 e. The van der Waals surface area contributed by atoms with Crippen molar-refractivity contribution in [1.29, 1.82) is 0 Å². The summed E-state index contributed by atoms with van der Waals surface area (Å²) in [5, 5.41) is 3.96. The van der Waals surface area contributed by atoms with Crippen LogP contribution in [-0.2, 0) is 10.5 Å². The van der Waals surface area contributed by atoms with Crippen molar-refractivity contribution in [3.63, 3.8) is 0 Å². The van der Waals surface area contributed by atoms with Crippen molar-refractivity contribution in [3.05, 3.63) is 42.0 Å². The Kier molecular flexibility index (Phi) is 4.95. The zero-order chi connectivity index (χ0) is 14.5. The molecule has 0 aliphatic carbocycles. The van der Waals surface area contributed by atoms with E-state index in [9.17, 15) is 4.79 Å². The predicted octanol–water partition coefficient (Wildman–Crippen LogP) is 3.69. The first-order chi connectivity index (χ1) is 9.58. The van der Waals surface area contributed by atoms with Crippen LogP contribution >= 0.6 is 11.8 Å². The van der Waals surface area contributed by atoms with Gasteiger partial charge in [-0.15, -0.1) is 11.8 Å². The van der Waals surface area contributed by atoms with Gasteiger partial charge in [0.1, 0.15) is 5.78 Å². The summed E-state index contributed by atoms with van der Waals surface area (Å²) in [6.45, 7) is 5.52. The van der Waals surface area contributed by atoms with Crippen molar-refractivity contribution in [3.8, 4) is 0 Å². The minimum absolute atomic E-state index is 0.0610. The molecule has 1 heterocycles. The Morgan fingerprint density at radius 2 is 2.00 bits per heavy atom. The monoisotopic (exact) mass is 290 g/mol. The van der Waals surface area contributed by atoms with E-state index < -0.39 is 0 Å². The van der Waals surface area contributed by atoms with Gasteiger partial charge in [0.25, 0.3) is 0 Å². The van der Waals surface area contributed by atoms with E-state index in [1.54, 1.807) is 18.7 Å². The highest BCUT2D eigenvalue weighted by molar-refractivity contribution is 7.98. The second-order valence-corrected chi connectivity index (χ2v) is 6.03. The number of benzene rings is 1. The molecule has 0 radical (unpaired) electrons. The highest BCUT2D eigenvalue weighted by Gasteiger charge is 2.26. The Labute approximate surface area is 123 Å². The fourth-order valence-electron chi connectivity index (χ4n) is 2.05. The molecule has 0 N–H and O–H groups in total. The topological polar surface area (TPSA) is 56.0 Å². The number of Topliss-reactive ketones (excluding diaryl/α,β-unsaturated/α-hetero) is 1. The number of ketones is 1. The summed E-state index contributed by atoms with van der Waals surface area (Å²) in [4.78, 5) is 17.1. The van der Waals surface area contributed by atoms with E-state index in [-0.39, 0.29) is 17.6 Å². The molecule has 1 unspecified atom stereocenters. The lowest BCUT2D eigenvalue weighted by Crippen LogP contribution is -2.15. The van der Waals surface area contributed by atoms with Crippen LogP contribution in [0.1, 0.15) is 38.4 Å². The minimum atomic E-state index is -0.307. The van der Waals surface area contributed by atoms with Gasteiger partial charge in [-0.25, -0.2) is 0 Å². The molecule has 4 nitrogen and oxygen atoms in total. The van der Waals surface area contributed by atoms with Gasteiger partial charge in [0, 0.05) is 4.90 Å². The lowest BCUT2D eigenvalue weighted by atomic mass is 9.92. The van der Waals surface area contributed by atoms with E-state index in [2.05, 4.69) is 10.1 Å². The lowest BCUT2D eigenvalue weighted by molar-refractivity contribution is -0.119. The maximum Gasteiger partial charge on any atom is 0.237 e. The molecule has 2 rings (SSSR count). The molecule has 20 heavy (non-hydrogen) atoms. The van der Waals surface area contributed by atoms with Crippen molar-refractivity contribution < 1.29 is 9.32 Å². The van der Waals surface area contributed by atoms with Crippen molar-refractivity contribution in [1.82, 2.24) is 10.1 Å². The largest absolute Gasteiger partial charge is 0.339 e. The predicted molar refractivity (Wildman–Crippen MR) is 78.6 cm³/mol. The molecule has 0 aliphatic rings. The molecule has 2 aromatic rings. The Bertz CT molecular complexity index is 566. The van der Waals surface area contributed by atoms with Crippen LogP contribution in [-0.4, -0.2) is 15.9 Å². The Morgan fingerprint density at radius 3 is 2.60 bits per heavy atom. The van der Waals surface area contributed by atoms with Gasteiger partial charge in [0.2, 0.25) is 5.89 Å². The molecule has 0 amide bonds. The second-order valence-electron chi connectivity index (χ2n) is 4.98. The summed E-state index contributed by atoms with van der Waals surface area (Å²) >= 11 is 1.65. The van der Waals surface area contributed by atoms with Crippen molar-refractivity contribution >= 4 is 17.5 Å². The number of hydrogen-bond donors (Lipinski definition) is 0. The molecule has 1 atom stereocenters. The zero-order valence-corrected chi connectivity index (χ0v) is 12.7. The molecular weight excluding hydrogens is 272 g/mol. The average molecular weight is 290 g/mol. The van der Waals surface area contributed by atoms with Crippen molar-refractivity contribution in [2.45, 2.75) is 37.3 Å². The maximum atomic E-state index is 11.6. The van der Waals surface area contributed by atoms with Gasteiger partial charge in [-0.05, 0) is 25.0 Å². The standard InChI is InChI=1S/C15H18N2O2S/c1-10(2)14(11(3)18)15-16-13(17-19-15)9-20-12-7-5-4-6-8-12/h4-8,10,14H,9H2,1-3H3. The molecule has 0 fully saturated rings. The highest BCUT2D eigenvalue weighted by Crippen LogP contribution is 2.26. The third-order valence-corrected chi connectivity index (χ3v) is 3.97. The van der Waals surface area contributed by atoms with Crippen molar-refractivity contribution in [2.24, 2.45) is 5.92 Å². The number of nitrogens with zero attached hydrogens (tertiary/aromatic N) is 2. The van der Waals surface area contributed by atoms with Crippen LogP contribution in [0.5, 0.6) is 0 Å². The SMILES string of the molecule is CC(=O)C(c1nc(CSc2ccccc2)no1)C(C)C. The van der Waals surface area contributed by atoms with Crippen LogP contribution in [0, 0.1) is 5.92 Å². The quantitative estimate of drug-likeness (QED) is 0.759. The van der Waals surface area contributed by atoms with E-state index in [1.165, 1.54) is 0 Å². The van der Waals surface area contributed by atoms with Gasteiger partial charge < -0.3 is 4.52 Å². The molecule has 0 saturated heterocycles. The first-order valence-corrected chi connectivity index (χ1v) is 7.57. The molecular formula is C15H18N2O2S. The van der Waals surface area contributed by atoms with Gasteiger partial charge in [0.15, 0.2) is 5.82 Å². The average Bonchev–Trinajstić information content (AvgIpc) is 2.85. The zero-order valence-electron chi connectivity index (χ0n) is 11.9. The lowest BCUT2D eigenvalue weighted by Gasteiger charge is -2.12. The van der Waals surface area contributed by atoms with Crippen LogP contribution in [0.15, 0.2) is 39.8 Å². The number of carbonyl (C=O) groups is 1. The molecule has 106 valence electrons. The van der Waals surface area contributed by atoms with Crippen LogP contribution in [0.25, 0.3) is 0 Å². The normalized spacial score (nSPS) is 12.6. The molecule has 0 aliphatic heterocycles. The third-order valence-electron chi connectivity index (χ3n) is 2.97. The fourth-order valence-corrected chi connectivity index (χ4v) is 2.81. The van der Waals surface area contributed by atoms with E-state index >= 15 is 0 Å². The molecule has 5 heteroatoms. The summed E-state index contributed by atoms with van der Waals surface area (Å²) < 4.78 is 5.24. The van der Waals surface area contributed by atoms with Crippen LogP contribution in [0.2, 0.25) is 0 Å². The Balaban J connectivity index is 2.03. The fraction of sp³-hybridized carbons (Fsp3) is 0.400. The maximum absolute atomic E-state index is 11.6. The summed E-state index contributed by atoms with van der Waals surface area (Å²) in [5.41, 5.74) is 0. The van der Waals surface area contributed by atoms with Crippen LogP contribution in [0.4, 0.5) is 0 Å². The first-order valence-electron chi connectivity index (χ1n) is 6.58. The van der Waals surface area contributed by atoms with Gasteiger partial charge >= 0.3 is 0 Å². The molecule has 1 aromatic heterocycles. The van der Waals surface area contributed by atoms with Gasteiger partial charge in [0.05, 0.1) is 11.7 Å². The van der Waals surface area contributed by atoms with E-state index in [0.29, 0.717) is 17.5 Å². The summed E-state index contributed by atoms with van der Waals surface area (Å²) in [5.74, 6) is 1.60.